The Labute approximate surface area is 99.3 Å². The quantitative estimate of drug-likeness (QED) is 0.770. The zero-order valence-corrected chi connectivity index (χ0v) is 11.0. The summed E-state index contributed by atoms with van der Waals surface area (Å²) in [5.41, 5.74) is 0. The smallest absolute Gasteiger partial charge is 0.122 e. The summed E-state index contributed by atoms with van der Waals surface area (Å²) < 4.78 is 2.23. The van der Waals surface area contributed by atoms with E-state index in [1.807, 2.05) is 6.20 Å². The van der Waals surface area contributed by atoms with Crippen LogP contribution >= 0.6 is 0 Å². The molecule has 0 bridgehead atoms. The molecule has 0 radical (unpaired) electrons. The summed E-state index contributed by atoms with van der Waals surface area (Å²) in [6.45, 7) is 10.9. The standard InChI is InChI=1S/C13H25N3/c1-5-8-16-9-7-14-13(16)10-15-12(4)11(3)6-2/h7,9,11-12,15H,5-6,8,10H2,1-4H3. The highest BCUT2D eigenvalue weighted by Crippen LogP contribution is 2.07. The van der Waals surface area contributed by atoms with Crippen molar-refractivity contribution in [2.24, 2.45) is 5.92 Å². The Morgan fingerprint density at radius 2 is 2.12 bits per heavy atom. The maximum Gasteiger partial charge on any atom is 0.122 e. The highest BCUT2D eigenvalue weighted by molar-refractivity contribution is 4.92. The molecule has 1 aromatic rings. The van der Waals surface area contributed by atoms with Crippen molar-refractivity contribution in [3.63, 3.8) is 0 Å². The third-order valence-electron chi connectivity index (χ3n) is 3.35. The van der Waals surface area contributed by atoms with Crippen LogP contribution < -0.4 is 5.32 Å². The lowest BCUT2D eigenvalue weighted by atomic mass is 10.0. The Morgan fingerprint density at radius 3 is 2.75 bits per heavy atom. The number of aromatic nitrogens is 2. The van der Waals surface area contributed by atoms with Crippen LogP contribution in [0.1, 0.15) is 46.4 Å². The molecular formula is C13H25N3. The number of hydrogen-bond donors (Lipinski definition) is 1. The predicted octanol–water partition coefficient (Wildman–Crippen LogP) is 2.82. The van der Waals surface area contributed by atoms with Gasteiger partial charge in [-0.1, -0.05) is 27.2 Å². The summed E-state index contributed by atoms with van der Waals surface area (Å²) >= 11 is 0. The Kier molecular flexibility index (Phi) is 5.53. The zero-order chi connectivity index (χ0) is 12.0. The van der Waals surface area contributed by atoms with Crippen LogP contribution in [0.2, 0.25) is 0 Å². The molecule has 0 amide bonds. The maximum atomic E-state index is 4.39. The van der Waals surface area contributed by atoms with Crippen molar-refractivity contribution >= 4 is 0 Å². The van der Waals surface area contributed by atoms with Crippen molar-refractivity contribution in [2.75, 3.05) is 0 Å². The molecule has 2 atom stereocenters. The van der Waals surface area contributed by atoms with E-state index in [0.29, 0.717) is 6.04 Å². The van der Waals surface area contributed by atoms with E-state index < -0.39 is 0 Å². The van der Waals surface area contributed by atoms with Gasteiger partial charge < -0.3 is 9.88 Å². The molecule has 3 heteroatoms. The minimum absolute atomic E-state index is 0.553. The van der Waals surface area contributed by atoms with Gasteiger partial charge in [0.15, 0.2) is 0 Å². The second-order valence-corrected chi connectivity index (χ2v) is 4.59. The van der Waals surface area contributed by atoms with Crippen molar-refractivity contribution in [3.05, 3.63) is 18.2 Å². The summed E-state index contributed by atoms with van der Waals surface area (Å²) in [7, 11) is 0. The first-order valence-corrected chi connectivity index (χ1v) is 6.42. The fraction of sp³-hybridized carbons (Fsp3) is 0.769. The molecule has 0 aliphatic rings. The molecule has 1 heterocycles. The van der Waals surface area contributed by atoms with Gasteiger partial charge in [-0.3, -0.25) is 0 Å². The molecule has 0 aromatic carbocycles. The van der Waals surface area contributed by atoms with Gasteiger partial charge in [0.1, 0.15) is 5.82 Å². The van der Waals surface area contributed by atoms with E-state index in [0.717, 1.165) is 31.3 Å². The van der Waals surface area contributed by atoms with Gasteiger partial charge in [-0.05, 0) is 19.3 Å². The molecule has 16 heavy (non-hydrogen) atoms. The second-order valence-electron chi connectivity index (χ2n) is 4.59. The molecule has 0 saturated carbocycles. The van der Waals surface area contributed by atoms with Crippen LogP contribution in [-0.4, -0.2) is 15.6 Å². The van der Waals surface area contributed by atoms with E-state index in [4.69, 9.17) is 0 Å². The lowest BCUT2D eigenvalue weighted by molar-refractivity contribution is 0.382. The molecule has 1 aromatic heterocycles. The number of rotatable bonds is 7. The van der Waals surface area contributed by atoms with E-state index in [1.54, 1.807) is 0 Å². The van der Waals surface area contributed by atoms with Gasteiger partial charge in [-0.25, -0.2) is 4.98 Å². The van der Waals surface area contributed by atoms with E-state index in [2.05, 4.69) is 48.8 Å². The predicted molar refractivity (Wildman–Crippen MR) is 68.3 cm³/mol. The van der Waals surface area contributed by atoms with Crippen molar-refractivity contribution < 1.29 is 0 Å². The molecule has 1 N–H and O–H groups in total. The number of nitrogens with one attached hydrogen (secondary N) is 1. The lowest BCUT2D eigenvalue weighted by Crippen LogP contribution is -2.32. The average molecular weight is 223 g/mol. The van der Waals surface area contributed by atoms with Gasteiger partial charge in [0, 0.05) is 25.0 Å². The zero-order valence-electron chi connectivity index (χ0n) is 11.0. The summed E-state index contributed by atoms with van der Waals surface area (Å²) in [5, 5.41) is 3.55. The Hall–Kier alpha value is -0.830. The van der Waals surface area contributed by atoms with Crippen LogP contribution in [-0.2, 0) is 13.1 Å². The molecule has 0 fully saturated rings. The number of hydrogen-bond acceptors (Lipinski definition) is 2. The van der Waals surface area contributed by atoms with Crippen LogP contribution in [0, 0.1) is 5.92 Å². The van der Waals surface area contributed by atoms with Gasteiger partial charge >= 0.3 is 0 Å². The Bertz CT molecular complexity index is 293. The van der Waals surface area contributed by atoms with Crippen molar-refractivity contribution in [3.8, 4) is 0 Å². The lowest BCUT2D eigenvalue weighted by Gasteiger charge is -2.20. The van der Waals surface area contributed by atoms with Crippen molar-refractivity contribution in [1.29, 1.82) is 0 Å². The first-order valence-electron chi connectivity index (χ1n) is 6.42. The first kappa shape index (κ1) is 13.2. The minimum Gasteiger partial charge on any atom is -0.334 e. The normalized spacial score (nSPS) is 15.0. The van der Waals surface area contributed by atoms with Gasteiger partial charge in [-0.15, -0.1) is 0 Å². The molecule has 2 unspecified atom stereocenters. The fourth-order valence-electron chi connectivity index (χ4n) is 1.76. The maximum absolute atomic E-state index is 4.39. The van der Waals surface area contributed by atoms with E-state index >= 15 is 0 Å². The summed E-state index contributed by atoms with van der Waals surface area (Å²) in [6.07, 6.45) is 6.33. The highest BCUT2D eigenvalue weighted by Gasteiger charge is 2.10. The summed E-state index contributed by atoms with van der Waals surface area (Å²) in [5.74, 6) is 1.87. The van der Waals surface area contributed by atoms with Gasteiger partial charge in [0.2, 0.25) is 0 Å². The average Bonchev–Trinajstić information content (AvgIpc) is 2.73. The molecule has 3 nitrogen and oxygen atoms in total. The van der Waals surface area contributed by atoms with Gasteiger partial charge in [0.25, 0.3) is 0 Å². The second kappa shape index (κ2) is 6.69. The minimum atomic E-state index is 0.553. The van der Waals surface area contributed by atoms with E-state index in [-0.39, 0.29) is 0 Å². The summed E-state index contributed by atoms with van der Waals surface area (Å²) in [4.78, 5) is 4.39. The third kappa shape index (κ3) is 3.63. The molecule has 0 spiro atoms. The molecule has 0 saturated heterocycles. The number of nitrogens with zero attached hydrogens (tertiary/aromatic N) is 2. The topological polar surface area (TPSA) is 29.9 Å². The summed E-state index contributed by atoms with van der Waals surface area (Å²) in [6, 6.07) is 0.553. The van der Waals surface area contributed by atoms with Gasteiger partial charge in [0.05, 0.1) is 6.54 Å². The van der Waals surface area contributed by atoms with Crippen molar-refractivity contribution in [1.82, 2.24) is 14.9 Å². The largest absolute Gasteiger partial charge is 0.334 e. The molecule has 1 rings (SSSR count). The van der Waals surface area contributed by atoms with Crippen molar-refractivity contribution in [2.45, 2.75) is 59.7 Å². The molecule has 92 valence electrons. The van der Waals surface area contributed by atoms with Crippen LogP contribution in [0.15, 0.2) is 12.4 Å². The van der Waals surface area contributed by atoms with Crippen LogP contribution in [0.4, 0.5) is 0 Å². The monoisotopic (exact) mass is 223 g/mol. The molecule has 0 aliphatic heterocycles. The fourth-order valence-corrected chi connectivity index (χ4v) is 1.76. The molecule has 0 aliphatic carbocycles. The number of aryl methyl sites for hydroxylation is 1. The van der Waals surface area contributed by atoms with E-state index in [1.165, 1.54) is 6.42 Å². The highest BCUT2D eigenvalue weighted by atomic mass is 15.1. The first-order chi connectivity index (χ1) is 7.69. The van der Waals surface area contributed by atoms with Gasteiger partial charge in [-0.2, -0.15) is 0 Å². The SMILES string of the molecule is CCCn1ccnc1CNC(C)C(C)CC. The Morgan fingerprint density at radius 1 is 1.38 bits per heavy atom. The Balaban J connectivity index is 2.44. The van der Waals surface area contributed by atoms with Crippen LogP contribution in [0.3, 0.4) is 0 Å². The molecular weight excluding hydrogens is 198 g/mol. The van der Waals surface area contributed by atoms with Crippen LogP contribution in [0.5, 0.6) is 0 Å². The number of imidazole rings is 1. The van der Waals surface area contributed by atoms with E-state index in [9.17, 15) is 0 Å². The third-order valence-corrected chi connectivity index (χ3v) is 3.35. The van der Waals surface area contributed by atoms with Crippen LogP contribution in [0.25, 0.3) is 0 Å².